The largest absolute Gasteiger partial charge is 0.320 e. The first kappa shape index (κ1) is 12.6. The zero-order chi connectivity index (χ0) is 13.3. The van der Waals surface area contributed by atoms with Crippen LogP contribution in [0.2, 0.25) is 0 Å². The standard InChI is InChI=1S/C13H11F3N2/c1-7-2-3-8(6-18-7)13(17)12-10(15)4-9(14)5-11(12)16/h2-6,13H,17H2,1H3. The second-order valence-corrected chi connectivity index (χ2v) is 3.99. The maximum Gasteiger partial charge on any atom is 0.134 e. The molecule has 18 heavy (non-hydrogen) atoms. The highest BCUT2D eigenvalue weighted by molar-refractivity contribution is 5.32. The molecule has 0 spiro atoms. The van der Waals surface area contributed by atoms with Crippen molar-refractivity contribution >= 4 is 0 Å². The van der Waals surface area contributed by atoms with Gasteiger partial charge in [0.1, 0.15) is 17.5 Å². The Kier molecular flexibility index (Phi) is 3.34. The Bertz CT molecular complexity index is 544. The summed E-state index contributed by atoms with van der Waals surface area (Å²) in [6.45, 7) is 1.79. The van der Waals surface area contributed by atoms with Gasteiger partial charge in [-0.25, -0.2) is 13.2 Å². The van der Waals surface area contributed by atoms with Gasteiger partial charge in [0.25, 0.3) is 0 Å². The highest BCUT2D eigenvalue weighted by Gasteiger charge is 2.19. The lowest BCUT2D eigenvalue weighted by atomic mass is 9.99. The van der Waals surface area contributed by atoms with Crippen LogP contribution in [0.4, 0.5) is 13.2 Å². The van der Waals surface area contributed by atoms with Gasteiger partial charge in [0, 0.05) is 29.6 Å². The predicted molar refractivity (Wildman–Crippen MR) is 61.3 cm³/mol. The number of hydrogen-bond donors (Lipinski definition) is 1. The zero-order valence-electron chi connectivity index (χ0n) is 9.62. The number of halogens is 3. The summed E-state index contributed by atoms with van der Waals surface area (Å²) in [5.41, 5.74) is 6.65. The predicted octanol–water partition coefficient (Wildman–Crippen LogP) is 2.86. The molecule has 94 valence electrons. The SMILES string of the molecule is Cc1ccc(C(N)c2c(F)cc(F)cc2F)cn1. The molecule has 1 heterocycles. The third kappa shape index (κ3) is 2.36. The van der Waals surface area contributed by atoms with E-state index in [-0.39, 0.29) is 5.56 Å². The molecule has 2 N–H and O–H groups in total. The molecule has 0 radical (unpaired) electrons. The summed E-state index contributed by atoms with van der Waals surface area (Å²) in [5, 5.41) is 0. The lowest BCUT2D eigenvalue weighted by molar-refractivity contribution is 0.515. The van der Waals surface area contributed by atoms with Crippen molar-refractivity contribution in [2.24, 2.45) is 5.73 Å². The molecule has 0 aliphatic rings. The smallest absolute Gasteiger partial charge is 0.134 e. The molecule has 0 amide bonds. The van der Waals surface area contributed by atoms with E-state index >= 15 is 0 Å². The minimum absolute atomic E-state index is 0.359. The average molecular weight is 252 g/mol. The molecular formula is C13H11F3N2. The van der Waals surface area contributed by atoms with E-state index < -0.39 is 23.5 Å². The Morgan fingerprint density at radius 3 is 2.22 bits per heavy atom. The lowest BCUT2D eigenvalue weighted by Crippen LogP contribution is -2.16. The summed E-state index contributed by atoms with van der Waals surface area (Å²) in [6.07, 6.45) is 1.45. The van der Waals surface area contributed by atoms with Crippen LogP contribution in [0.3, 0.4) is 0 Å². The third-order valence-electron chi connectivity index (χ3n) is 2.65. The third-order valence-corrected chi connectivity index (χ3v) is 2.65. The molecule has 0 aliphatic carbocycles. The van der Waals surface area contributed by atoms with Crippen molar-refractivity contribution in [2.45, 2.75) is 13.0 Å². The van der Waals surface area contributed by atoms with E-state index in [1.54, 1.807) is 19.1 Å². The van der Waals surface area contributed by atoms with Crippen molar-refractivity contribution in [3.8, 4) is 0 Å². The Morgan fingerprint density at radius 1 is 1.11 bits per heavy atom. The van der Waals surface area contributed by atoms with E-state index in [1.807, 2.05) is 0 Å². The highest BCUT2D eigenvalue weighted by Crippen LogP contribution is 2.25. The highest BCUT2D eigenvalue weighted by atomic mass is 19.1. The van der Waals surface area contributed by atoms with Crippen LogP contribution in [-0.4, -0.2) is 4.98 Å². The quantitative estimate of drug-likeness (QED) is 0.892. The van der Waals surface area contributed by atoms with Crippen LogP contribution in [0.25, 0.3) is 0 Å². The minimum atomic E-state index is -1.02. The molecule has 2 aromatic rings. The average Bonchev–Trinajstić information content (AvgIpc) is 2.28. The molecule has 0 saturated carbocycles. The molecule has 5 heteroatoms. The van der Waals surface area contributed by atoms with Crippen LogP contribution in [-0.2, 0) is 0 Å². The minimum Gasteiger partial charge on any atom is -0.320 e. The number of rotatable bonds is 2. The number of aromatic nitrogens is 1. The monoisotopic (exact) mass is 252 g/mol. The Balaban J connectivity index is 2.46. The van der Waals surface area contributed by atoms with Gasteiger partial charge in [0.05, 0.1) is 6.04 Å². The molecule has 0 bridgehead atoms. The van der Waals surface area contributed by atoms with Gasteiger partial charge in [-0.3, -0.25) is 4.98 Å². The second-order valence-electron chi connectivity index (χ2n) is 3.99. The summed E-state index contributed by atoms with van der Waals surface area (Å²) < 4.78 is 39.9. The first-order valence-corrected chi connectivity index (χ1v) is 5.31. The molecule has 0 fully saturated rings. The van der Waals surface area contributed by atoms with Crippen LogP contribution in [0, 0.1) is 24.4 Å². The van der Waals surface area contributed by atoms with Crippen LogP contribution in [0.15, 0.2) is 30.5 Å². The van der Waals surface area contributed by atoms with E-state index in [1.165, 1.54) is 6.20 Å². The lowest BCUT2D eigenvalue weighted by Gasteiger charge is -2.14. The van der Waals surface area contributed by atoms with Gasteiger partial charge in [0.15, 0.2) is 0 Å². The number of nitrogens with two attached hydrogens (primary N) is 1. The van der Waals surface area contributed by atoms with Crippen molar-refractivity contribution in [1.29, 1.82) is 0 Å². The van der Waals surface area contributed by atoms with Crippen molar-refractivity contribution in [2.75, 3.05) is 0 Å². The summed E-state index contributed by atoms with van der Waals surface area (Å²) in [5.74, 6) is -2.97. The van der Waals surface area contributed by atoms with E-state index in [4.69, 9.17) is 5.73 Å². The fourth-order valence-electron chi connectivity index (χ4n) is 1.68. The van der Waals surface area contributed by atoms with Gasteiger partial charge in [-0.15, -0.1) is 0 Å². The van der Waals surface area contributed by atoms with Gasteiger partial charge in [-0.05, 0) is 18.6 Å². The first-order valence-electron chi connectivity index (χ1n) is 5.31. The fourth-order valence-corrected chi connectivity index (χ4v) is 1.68. The molecular weight excluding hydrogens is 241 g/mol. The number of benzene rings is 1. The molecule has 1 aromatic heterocycles. The Hall–Kier alpha value is -1.88. The van der Waals surface area contributed by atoms with Gasteiger partial charge < -0.3 is 5.73 Å². The molecule has 0 saturated heterocycles. The van der Waals surface area contributed by atoms with E-state index in [2.05, 4.69) is 4.98 Å². The van der Waals surface area contributed by atoms with Gasteiger partial charge in [-0.2, -0.15) is 0 Å². The molecule has 2 rings (SSSR count). The van der Waals surface area contributed by atoms with Crippen molar-refractivity contribution in [3.05, 3.63) is 64.7 Å². The van der Waals surface area contributed by atoms with E-state index in [0.717, 1.165) is 5.69 Å². The Morgan fingerprint density at radius 2 is 1.72 bits per heavy atom. The summed E-state index contributed by atoms with van der Waals surface area (Å²) in [7, 11) is 0. The van der Waals surface area contributed by atoms with Crippen molar-refractivity contribution < 1.29 is 13.2 Å². The Labute approximate surface area is 102 Å². The number of hydrogen-bond acceptors (Lipinski definition) is 2. The van der Waals surface area contributed by atoms with Crippen LogP contribution in [0.5, 0.6) is 0 Å². The molecule has 1 atom stereocenters. The summed E-state index contributed by atoms with van der Waals surface area (Å²) in [4.78, 5) is 4.00. The van der Waals surface area contributed by atoms with E-state index in [9.17, 15) is 13.2 Å². The zero-order valence-corrected chi connectivity index (χ0v) is 9.62. The first-order chi connectivity index (χ1) is 8.49. The maximum atomic E-state index is 13.5. The van der Waals surface area contributed by atoms with Gasteiger partial charge in [0.2, 0.25) is 0 Å². The van der Waals surface area contributed by atoms with Crippen molar-refractivity contribution in [1.82, 2.24) is 4.98 Å². The van der Waals surface area contributed by atoms with Crippen molar-refractivity contribution in [3.63, 3.8) is 0 Å². The van der Waals surface area contributed by atoms with Crippen LogP contribution < -0.4 is 5.73 Å². The maximum absolute atomic E-state index is 13.5. The molecule has 0 aliphatic heterocycles. The normalized spacial score (nSPS) is 12.5. The molecule has 1 aromatic carbocycles. The molecule has 2 nitrogen and oxygen atoms in total. The number of aryl methyl sites for hydroxylation is 1. The van der Waals surface area contributed by atoms with Gasteiger partial charge in [-0.1, -0.05) is 6.07 Å². The van der Waals surface area contributed by atoms with Crippen LogP contribution >= 0.6 is 0 Å². The van der Waals surface area contributed by atoms with Crippen LogP contribution in [0.1, 0.15) is 22.9 Å². The fraction of sp³-hybridized carbons (Fsp3) is 0.154. The number of nitrogens with zero attached hydrogens (tertiary/aromatic N) is 1. The summed E-state index contributed by atoms with van der Waals surface area (Å²) >= 11 is 0. The second kappa shape index (κ2) is 4.78. The topological polar surface area (TPSA) is 38.9 Å². The summed E-state index contributed by atoms with van der Waals surface area (Å²) in [6, 6.07) is 3.53. The van der Waals surface area contributed by atoms with E-state index in [0.29, 0.717) is 17.7 Å². The molecule has 1 unspecified atom stereocenters. The van der Waals surface area contributed by atoms with Gasteiger partial charge >= 0.3 is 0 Å². The number of pyridine rings is 1.